The van der Waals surface area contributed by atoms with E-state index >= 15 is 0 Å². The molecule has 1 aliphatic rings. The maximum absolute atomic E-state index is 13.9. The van der Waals surface area contributed by atoms with Crippen LogP contribution in [-0.4, -0.2) is 23.6 Å². The van der Waals surface area contributed by atoms with Gasteiger partial charge in [0.05, 0.1) is 6.20 Å². The van der Waals surface area contributed by atoms with E-state index in [2.05, 4.69) is 9.97 Å². The van der Waals surface area contributed by atoms with E-state index in [1.54, 1.807) is 0 Å². The van der Waals surface area contributed by atoms with Crippen LogP contribution < -0.4 is 4.90 Å². The van der Waals surface area contributed by atoms with Crippen molar-refractivity contribution in [3.05, 3.63) is 40.8 Å². The van der Waals surface area contributed by atoms with E-state index in [9.17, 15) is 8.78 Å². The van der Waals surface area contributed by atoms with Crippen molar-refractivity contribution in [2.24, 2.45) is 0 Å². The third kappa shape index (κ3) is 2.04. The van der Waals surface area contributed by atoms with Gasteiger partial charge in [0.15, 0.2) is 5.82 Å². The van der Waals surface area contributed by atoms with E-state index in [-0.39, 0.29) is 11.0 Å². The van der Waals surface area contributed by atoms with E-state index in [4.69, 9.17) is 11.6 Å². The minimum Gasteiger partial charge on any atom is -0.373 e. The molecule has 0 spiro atoms. The van der Waals surface area contributed by atoms with Gasteiger partial charge in [-0.05, 0) is 35.7 Å². The summed E-state index contributed by atoms with van der Waals surface area (Å²) in [6, 6.07) is 2.76. The first kappa shape index (κ1) is 12.3. The zero-order valence-corrected chi connectivity index (χ0v) is 10.9. The lowest BCUT2D eigenvalue weighted by atomic mass is 10.0. The molecule has 0 fully saturated rings. The molecule has 3 rings (SSSR count). The first-order chi connectivity index (χ1) is 9.06. The summed E-state index contributed by atoms with van der Waals surface area (Å²) in [6.07, 6.45) is 1.73. The predicted octanol–water partition coefficient (Wildman–Crippen LogP) is 3.07. The van der Waals surface area contributed by atoms with Gasteiger partial charge in [0.25, 0.3) is 0 Å². The lowest BCUT2D eigenvalue weighted by Crippen LogP contribution is -2.14. The molecule has 0 aliphatic carbocycles. The fraction of sp³-hybridized carbons (Fsp3) is 0.231. The molecule has 2 heterocycles. The number of likely N-dealkylation sites (N-methyl/N-ethyl adjacent to an activating group) is 1. The van der Waals surface area contributed by atoms with Gasteiger partial charge < -0.3 is 4.90 Å². The lowest BCUT2D eigenvalue weighted by Gasteiger charge is -2.17. The average molecular weight is 282 g/mol. The Bertz CT molecular complexity index is 661. The van der Waals surface area contributed by atoms with E-state index in [0.29, 0.717) is 5.56 Å². The predicted molar refractivity (Wildman–Crippen MR) is 69.4 cm³/mol. The van der Waals surface area contributed by atoms with Crippen LogP contribution in [0.2, 0.25) is 5.28 Å². The second-order valence-corrected chi connectivity index (χ2v) is 4.81. The Morgan fingerprint density at radius 3 is 2.89 bits per heavy atom. The SMILES string of the molecule is CN1CCc2cc(F)cc(-c3nc(Cl)ncc3F)c21. The first-order valence-corrected chi connectivity index (χ1v) is 6.16. The highest BCUT2D eigenvalue weighted by Gasteiger charge is 2.24. The molecule has 0 radical (unpaired) electrons. The normalized spacial score (nSPS) is 13.8. The van der Waals surface area contributed by atoms with Crippen LogP contribution in [0, 0.1) is 11.6 Å². The zero-order valence-electron chi connectivity index (χ0n) is 10.1. The van der Waals surface area contributed by atoms with Gasteiger partial charge >= 0.3 is 0 Å². The average Bonchev–Trinajstić information content (AvgIpc) is 2.73. The lowest BCUT2D eigenvalue weighted by molar-refractivity contribution is 0.615. The Labute approximate surface area is 113 Å². The van der Waals surface area contributed by atoms with Crippen molar-refractivity contribution in [1.29, 1.82) is 0 Å². The zero-order chi connectivity index (χ0) is 13.6. The van der Waals surface area contributed by atoms with Gasteiger partial charge in [-0.1, -0.05) is 0 Å². The molecule has 0 amide bonds. The van der Waals surface area contributed by atoms with Crippen molar-refractivity contribution in [2.45, 2.75) is 6.42 Å². The van der Waals surface area contributed by atoms with Gasteiger partial charge in [0, 0.05) is 24.8 Å². The molecule has 0 unspecified atom stereocenters. The van der Waals surface area contributed by atoms with Gasteiger partial charge in [-0.3, -0.25) is 0 Å². The number of hydrogen-bond donors (Lipinski definition) is 0. The van der Waals surface area contributed by atoms with Crippen LogP contribution in [0.4, 0.5) is 14.5 Å². The molecule has 1 aromatic heterocycles. The fourth-order valence-electron chi connectivity index (χ4n) is 2.41. The molecule has 2 aromatic rings. The van der Waals surface area contributed by atoms with Crippen molar-refractivity contribution < 1.29 is 8.78 Å². The number of aromatic nitrogens is 2. The van der Waals surface area contributed by atoms with Crippen LogP contribution >= 0.6 is 11.6 Å². The number of halogens is 3. The van der Waals surface area contributed by atoms with Crippen LogP contribution in [0.3, 0.4) is 0 Å². The smallest absolute Gasteiger partial charge is 0.223 e. The molecule has 6 heteroatoms. The second kappa shape index (κ2) is 4.42. The summed E-state index contributed by atoms with van der Waals surface area (Å²) in [5, 5.41) is -0.0601. The molecular weight excluding hydrogens is 272 g/mol. The standard InChI is InChI=1S/C13H10ClF2N3/c1-19-3-2-7-4-8(15)5-9(12(7)19)11-10(16)6-17-13(14)18-11/h4-6H,2-3H2,1H3. The van der Waals surface area contributed by atoms with Crippen LogP contribution in [0.1, 0.15) is 5.56 Å². The molecule has 1 aliphatic heterocycles. The summed E-state index contributed by atoms with van der Waals surface area (Å²) in [4.78, 5) is 9.41. The molecular formula is C13H10ClF2N3. The van der Waals surface area contributed by atoms with Crippen molar-refractivity contribution in [2.75, 3.05) is 18.5 Å². The fourth-order valence-corrected chi connectivity index (χ4v) is 2.55. The summed E-state index contributed by atoms with van der Waals surface area (Å²) in [5.41, 5.74) is 2.10. The molecule has 3 nitrogen and oxygen atoms in total. The van der Waals surface area contributed by atoms with Gasteiger partial charge in [-0.2, -0.15) is 0 Å². The highest BCUT2D eigenvalue weighted by atomic mass is 35.5. The molecule has 0 bridgehead atoms. The number of nitrogens with zero attached hydrogens (tertiary/aromatic N) is 3. The van der Waals surface area contributed by atoms with E-state index < -0.39 is 11.6 Å². The highest BCUT2D eigenvalue weighted by Crippen LogP contribution is 2.38. The number of anilines is 1. The summed E-state index contributed by atoms with van der Waals surface area (Å²) < 4.78 is 27.5. The minimum atomic E-state index is -0.613. The van der Waals surface area contributed by atoms with Crippen molar-refractivity contribution >= 4 is 17.3 Å². The van der Waals surface area contributed by atoms with E-state index in [1.165, 1.54) is 12.1 Å². The second-order valence-electron chi connectivity index (χ2n) is 4.47. The molecule has 0 N–H and O–H groups in total. The van der Waals surface area contributed by atoms with Gasteiger partial charge in [0.1, 0.15) is 11.5 Å². The number of hydrogen-bond acceptors (Lipinski definition) is 3. The molecule has 1 aromatic carbocycles. The van der Waals surface area contributed by atoms with Crippen molar-refractivity contribution in [3.63, 3.8) is 0 Å². The van der Waals surface area contributed by atoms with Crippen LogP contribution in [0.25, 0.3) is 11.3 Å². The van der Waals surface area contributed by atoms with Crippen molar-refractivity contribution in [3.8, 4) is 11.3 Å². The minimum absolute atomic E-state index is 0.0319. The molecule has 98 valence electrons. The third-order valence-corrected chi connectivity index (χ3v) is 3.40. The Hall–Kier alpha value is -1.75. The van der Waals surface area contributed by atoms with Crippen molar-refractivity contribution in [1.82, 2.24) is 9.97 Å². The van der Waals surface area contributed by atoms with Gasteiger partial charge in [0.2, 0.25) is 5.28 Å². The molecule has 19 heavy (non-hydrogen) atoms. The quantitative estimate of drug-likeness (QED) is 0.752. The molecule has 0 atom stereocenters. The topological polar surface area (TPSA) is 29.0 Å². The van der Waals surface area contributed by atoms with Crippen LogP contribution in [0.15, 0.2) is 18.3 Å². The van der Waals surface area contributed by atoms with Gasteiger partial charge in [-0.15, -0.1) is 0 Å². The Morgan fingerprint density at radius 2 is 2.11 bits per heavy atom. The molecule has 0 saturated heterocycles. The summed E-state index contributed by atoms with van der Waals surface area (Å²) >= 11 is 5.70. The van der Waals surface area contributed by atoms with Gasteiger partial charge in [-0.25, -0.2) is 18.7 Å². The summed E-state index contributed by atoms with van der Waals surface area (Å²) in [6.45, 7) is 0.770. The number of benzene rings is 1. The van der Waals surface area contributed by atoms with Crippen LogP contribution in [-0.2, 0) is 6.42 Å². The summed E-state index contributed by atoms with van der Waals surface area (Å²) in [7, 11) is 1.88. The maximum atomic E-state index is 13.9. The molecule has 0 saturated carbocycles. The monoisotopic (exact) mass is 281 g/mol. The Balaban J connectivity index is 2.28. The highest BCUT2D eigenvalue weighted by molar-refractivity contribution is 6.28. The Kier molecular flexibility index (Phi) is 2.86. The number of rotatable bonds is 1. The largest absolute Gasteiger partial charge is 0.373 e. The summed E-state index contributed by atoms with van der Waals surface area (Å²) in [5.74, 6) is -1.02. The first-order valence-electron chi connectivity index (χ1n) is 5.78. The Morgan fingerprint density at radius 1 is 1.32 bits per heavy atom. The van der Waals surface area contributed by atoms with E-state index in [0.717, 1.165) is 30.4 Å². The van der Waals surface area contributed by atoms with Crippen LogP contribution in [0.5, 0.6) is 0 Å². The van der Waals surface area contributed by atoms with E-state index in [1.807, 2.05) is 11.9 Å². The maximum Gasteiger partial charge on any atom is 0.223 e. The number of fused-ring (bicyclic) bond motifs is 1. The third-order valence-electron chi connectivity index (χ3n) is 3.22.